The standard InChI is InChI=1S/C11H17N3/c1-4-6-7-10(12-5-2)11-8-14(3)9-13-11/h8-10,12H,5,7H2,1-3H3. The summed E-state index contributed by atoms with van der Waals surface area (Å²) in [6, 6.07) is 0.258. The van der Waals surface area contributed by atoms with Gasteiger partial charge >= 0.3 is 0 Å². The molecule has 1 aromatic heterocycles. The van der Waals surface area contributed by atoms with Gasteiger partial charge in [-0.25, -0.2) is 4.98 Å². The van der Waals surface area contributed by atoms with Crippen molar-refractivity contribution < 1.29 is 0 Å². The molecule has 0 spiro atoms. The topological polar surface area (TPSA) is 29.9 Å². The van der Waals surface area contributed by atoms with Gasteiger partial charge in [0.2, 0.25) is 0 Å². The fourth-order valence-electron chi connectivity index (χ4n) is 1.34. The normalized spacial score (nSPS) is 11.9. The number of aryl methyl sites for hydroxylation is 1. The number of rotatable bonds is 4. The minimum absolute atomic E-state index is 0.258. The summed E-state index contributed by atoms with van der Waals surface area (Å²) in [5.74, 6) is 5.99. The van der Waals surface area contributed by atoms with Gasteiger partial charge in [-0.05, 0) is 13.5 Å². The molecular weight excluding hydrogens is 174 g/mol. The largest absolute Gasteiger partial charge is 0.340 e. The van der Waals surface area contributed by atoms with Crippen LogP contribution < -0.4 is 5.32 Å². The van der Waals surface area contributed by atoms with Crippen LogP contribution in [0.25, 0.3) is 0 Å². The maximum absolute atomic E-state index is 4.32. The van der Waals surface area contributed by atoms with Crippen LogP contribution in [0.4, 0.5) is 0 Å². The van der Waals surface area contributed by atoms with Gasteiger partial charge in [-0.2, -0.15) is 0 Å². The average molecular weight is 191 g/mol. The second-order valence-corrected chi connectivity index (χ2v) is 3.21. The van der Waals surface area contributed by atoms with E-state index in [0.29, 0.717) is 0 Å². The highest BCUT2D eigenvalue weighted by atomic mass is 15.0. The first kappa shape index (κ1) is 10.8. The highest BCUT2D eigenvalue weighted by molar-refractivity contribution is 5.09. The van der Waals surface area contributed by atoms with Crippen LogP contribution in [0.5, 0.6) is 0 Å². The molecule has 1 atom stereocenters. The molecule has 14 heavy (non-hydrogen) atoms. The van der Waals surface area contributed by atoms with Gasteiger partial charge in [0.15, 0.2) is 0 Å². The van der Waals surface area contributed by atoms with Gasteiger partial charge in [0.05, 0.1) is 18.1 Å². The van der Waals surface area contributed by atoms with Crippen molar-refractivity contribution in [2.75, 3.05) is 6.54 Å². The molecule has 0 saturated carbocycles. The third-order valence-electron chi connectivity index (χ3n) is 2.02. The highest BCUT2D eigenvalue weighted by Gasteiger charge is 2.10. The number of hydrogen-bond donors (Lipinski definition) is 1. The molecule has 3 nitrogen and oxygen atoms in total. The summed E-state index contributed by atoms with van der Waals surface area (Å²) in [5.41, 5.74) is 1.07. The molecule has 0 saturated heterocycles. The summed E-state index contributed by atoms with van der Waals surface area (Å²) in [6.07, 6.45) is 4.67. The maximum Gasteiger partial charge on any atom is 0.0947 e. The van der Waals surface area contributed by atoms with Crippen molar-refractivity contribution in [3.63, 3.8) is 0 Å². The van der Waals surface area contributed by atoms with Gasteiger partial charge in [0, 0.05) is 19.7 Å². The van der Waals surface area contributed by atoms with Crippen LogP contribution in [-0.4, -0.2) is 16.1 Å². The molecule has 1 heterocycles. The predicted molar refractivity (Wildman–Crippen MR) is 57.7 cm³/mol. The molecule has 0 amide bonds. The van der Waals surface area contributed by atoms with Gasteiger partial charge in [-0.1, -0.05) is 6.92 Å². The molecule has 1 unspecified atom stereocenters. The second-order valence-electron chi connectivity index (χ2n) is 3.21. The number of nitrogens with one attached hydrogen (secondary N) is 1. The minimum atomic E-state index is 0.258. The number of hydrogen-bond acceptors (Lipinski definition) is 2. The molecule has 3 heteroatoms. The van der Waals surface area contributed by atoms with E-state index in [4.69, 9.17) is 0 Å². The molecule has 0 bridgehead atoms. The van der Waals surface area contributed by atoms with E-state index < -0.39 is 0 Å². The predicted octanol–water partition coefficient (Wildman–Crippen LogP) is 1.48. The van der Waals surface area contributed by atoms with E-state index in [1.807, 2.05) is 31.1 Å². The van der Waals surface area contributed by atoms with Crippen LogP contribution in [0, 0.1) is 11.8 Å². The first-order valence-electron chi connectivity index (χ1n) is 4.88. The zero-order valence-corrected chi connectivity index (χ0v) is 9.04. The van der Waals surface area contributed by atoms with Crippen LogP contribution in [0.2, 0.25) is 0 Å². The zero-order valence-electron chi connectivity index (χ0n) is 9.04. The molecule has 0 aliphatic rings. The average Bonchev–Trinajstić information content (AvgIpc) is 2.59. The highest BCUT2D eigenvalue weighted by Crippen LogP contribution is 2.12. The number of aromatic nitrogens is 2. The molecule has 0 radical (unpaired) electrons. The fraction of sp³-hybridized carbons (Fsp3) is 0.545. The van der Waals surface area contributed by atoms with Gasteiger partial charge < -0.3 is 9.88 Å². The van der Waals surface area contributed by atoms with Crippen LogP contribution >= 0.6 is 0 Å². The van der Waals surface area contributed by atoms with Crippen LogP contribution in [-0.2, 0) is 7.05 Å². The molecule has 0 aromatic carbocycles. The van der Waals surface area contributed by atoms with Crippen molar-refractivity contribution in [1.29, 1.82) is 0 Å². The van der Waals surface area contributed by atoms with Crippen LogP contribution in [0.15, 0.2) is 12.5 Å². The number of imidazole rings is 1. The summed E-state index contributed by atoms with van der Waals surface area (Å²) in [7, 11) is 1.98. The lowest BCUT2D eigenvalue weighted by atomic mass is 10.1. The van der Waals surface area contributed by atoms with E-state index in [9.17, 15) is 0 Å². The van der Waals surface area contributed by atoms with Crippen molar-refractivity contribution in [2.24, 2.45) is 7.05 Å². The van der Waals surface area contributed by atoms with Crippen molar-refractivity contribution in [2.45, 2.75) is 26.3 Å². The Morgan fingerprint density at radius 2 is 2.43 bits per heavy atom. The third-order valence-corrected chi connectivity index (χ3v) is 2.02. The van der Waals surface area contributed by atoms with Crippen molar-refractivity contribution >= 4 is 0 Å². The Morgan fingerprint density at radius 1 is 1.64 bits per heavy atom. The lowest BCUT2D eigenvalue weighted by Crippen LogP contribution is -2.20. The maximum atomic E-state index is 4.32. The summed E-state index contributed by atoms with van der Waals surface area (Å²) in [5, 5.41) is 3.37. The Bertz CT molecular complexity index is 330. The van der Waals surface area contributed by atoms with Gasteiger partial charge in [0.1, 0.15) is 0 Å². The summed E-state index contributed by atoms with van der Waals surface area (Å²) in [4.78, 5) is 4.32. The molecule has 0 aliphatic carbocycles. The molecular formula is C11H17N3. The monoisotopic (exact) mass is 191 g/mol. The summed E-state index contributed by atoms with van der Waals surface area (Å²) < 4.78 is 1.96. The first-order chi connectivity index (χ1) is 6.77. The lowest BCUT2D eigenvalue weighted by molar-refractivity contribution is 0.553. The van der Waals surface area contributed by atoms with E-state index >= 15 is 0 Å². The Kier molecular flexibility index (Phi) is 4.21. The van der Waals surface area contributed by atoms with E-state index in [1.54, 1.807) is 0 Å². The van der Waals surface area contributed by atoms with Crippen molar-refractivity contribution in [1.82, 2.24) is 14.9 Å². The molecule has 1 rings (SSSR count). The zero-order chi connectivity index (χ0) is 10.4. The van der Waals surface area contributed by atoms with E-state index in [2.05, 4.69) is 29.1 Å². The molecule has 0 fully saturated rings. The number of nitrogens with zero attached hydrogens (tertiary/aromatic N) is 2. The molecule has 1 N–H and O–H groups in total. The van der Waals surface area contributed by atoms with Crippen molar-refractivity contribution in [3.05, 3.63) is 18.2 Å². The Hall–Kier alpha value is -1.27. The van der Waals surface area contributed by atoms with Crippen LogP contribution in [0.3, 0.4) is 0 Å². The van der Waals surface area contributed by atoms with E-state index in [1.165, 1.54) is 0 Å². The van der Waals surface area contributed by atoms with Gasteiger partial charge in [-0.15, -0.1) is 11.8 Å². The first-order valence-corrected chi connectivity index (χ1v) is 4.88. The fourth-order valence-corrected chi connectivity index (χ4v) is 1.34. The lowest BCUT2D eigenvalue weighted by Gasteiger charge is -2.11. The quantitative estimate of drug-likeness (QED) is 0.731. The summed E-state index contributed by atoms with van der Waals surface area (Å²) in [6.45, 7) is 4.89. The minimum Gasteiger partial charge on any atom is -0.340 e. The third kappa shape index (κ3) is 2.90. The van der Waals surface area contributed by atoms with Crippen molar-refractivity contribution in [3.8, 4) is 11.8 Å². The molecule has 76 valence electrons. The Balaban J connectivity index is 2.69. The van der Waals surface area contributed by atoms with E-state index in [-0.39, 0.29) is 6.04 Å². The summed E-state index contributed by atoms with van der Waals surface area (Å²) >= 11 is 0. The SMILES string of the molecule is CC#CCC(NCC)c1cn(C)cn1. The smallest absolute Gasteiger partial charge is 0.0947 e. The Labute approximate surface area is 85.5 Å². The second kappa shape index (κ2) is 5.46. The van der Waals surface area contributed by atoms with Gasteiger partial charge in [-0.3, -0.25) is 0 Å². The molecule has 1 aromatic rings. The Morgan fingerprint density at radius 3 is 2.93 bits per heavy atom. The van der Waals surface area contributed by atoms with E-state index in [0.717, 1.165) is 18.7 Å². The van der Waals surface area contributed by atoms with Crippen LogP contribution in [0.1, 0.15) is 32.0 Å². The van der Waals surface area contributed by atoms with Gasteiger partial charge in [0.25, 0.3) is 0 Å². The molecule has 0 aliphatic heterocycles.